The van der Waals surface area contributed by atoms with Gasteiger partial charge in [-0.2, -0.15) is 0 Å². The minimum absolute atomic E-state index is 0.132. The number of furan rings is 1. The van der Waals surface area contributed by atoms with Crippen LogP contribution >= 0.6 is 0 Å². The summed E-state index contributed by atoms with van der Waals surface area (Å²) in [5.41, 5.74) is 2.08. The van der Waals surface area contributed by atoms with E-state index in [0.29, 0.717) is 19.6 Å². The lowest BCUT2D eigenvalue weighted by Gasteiger charge is -2.22. The summed E-state index contributed by atoms with van der Waals surface area (Å²) in [5, 5.41) is 2.95. The highest BCUT2D eigenvalue weighted by Gasteiger charge is 2.15. The van der Waals surface area contributed by atoms with Crippen LogP contribution in [0.1, 0.15) is 16.9 Å². The molecule has 5 nitrogen and oxygen atoms in total. The van der Waals surface area contributed by atoms with E-state index in [-0.39, 0.29) is 6.03 Å². The SMILES string of the molecule is O=C(NCc1ccncc1)N(Cc1ccccc1)Cc1ccco1. The molecule has 5 heteroatoms. The van der Waals surface area contributed by atoms with Crippen molar-refractivity contribution >= 4 is 6.03 Å². The number of carbonyl (C=O) groups is 1. The lowest BCUT2D eigenvalue weighted by Crippen LogP contribution is -2.38. The van der Waals surface area contributed by atoms with Crippen molar-refractivity contribution in [3.05, 3.63) is 90.1 Å². The van der Waals surface area contributed by atoms with Crippen molar-refractivity contribution in [1.29, 1.82) is 0 Å². The van der Waals surface area contributed by atoms with E-state index in [4.69, 9.17) is 4.42 Å². The molecule has 0 aliphatic heterocycles. The maximum absolute atomic E-state index is 12.6. The van der Waals surface area contributed by atoms with E-state index in [1.165, 1.54) is 0 Å². The monoisotopic (exact) mass is 321 g/mol. The Morgan fingerprint density at radius 1 is 0.958 bits per heavy atom. The van der Waals surface area contributed by atoms with Crippen LogP contribution in [0.2, 0.25) is 0 Å². The second-order valence-electron chi connectivity index (χ2n) is 5.44. The molecule has 1 N–H and O–H groups in total. The fourth-order valence-corrected chi connectivity index (χ4v) is 2.38. The number of rotatable bonds is 6. The van der Waals surface area contributed by atoms with Gasteiger partial charge in [-0.3, -0.25) is 4.98 Å². The first-order valence-corrected chi connectivity index (χ1v) is 7.79. The van der Waals surface area contributed by atoms with E-state index in [1.54, 1.807) is 23.6 Å². The van der Waals surface area contributed by atoms with Gasteiger partial charge in [0.2, 0.25) is 0 Å². The Labute approximate surface area is 140 Å². The van der Waals surface area contributed by atoms with Crippen LogP contribution in [0.3, 0.4) is 0 Å². The molecule has 122 valence electrons. The van der Waals surface area contributed by atoms with Gasteiger partial charge in [0.25, 0.3) is 0 Å². The summed E-state index contributed by atoms with van der Waals surface area (Å²) in [5.74, 6) is 0.755. The lowest BCUT2D eigenvalue weighted by atomic mass is 10.2. The molecule has 3 aromatic rings. The van der Waals surface area contributed by atoms with Crippen LogP contribution < -0.4 is 5.32 Å². The number of amides is 2. The van der Waals surface area contributed by atoms with Crippen LogP contribution in [-0.4, -0.2) is 15.9 Å². The summed E-state index contributed by atoms with van der Waals surface area (Å²) in [6, 6.07) is 17.2. The number of pyridine rings is 1. The molecule has 0 unspecified atom stereocenters. The van der Waals surface area contributed by atoms with Crippen molar-refractivity contribution in [2.75, 3.05) is 0 Å². The van der Waals surface area contributed by atoms with E-state index >= 15 is 0 Å². The molecule has 2 heterocycles. The zero-order valence-electron chi connectivity index (χ0n) is 13.3. The normalized spacial score (nSPS) is 10.3. The van der Waals surface area contributed by atoms with E-state index in [0.717, 1.165) is 16.9 Å². The highest BCUT2D eigenvalue weighted by Crippen LogP contribution is 2.11. The van der Waals surface area contributed by atoms with Gasteiger partial charge in [-0.25, -0.2) is 4.79 Å². The molecule has 0 aliphatic carbocycles. The quantitative estimate of drug-likeness (QED) is 0.755. The molecule has 0 radical (unpaired) electrons. The number of nitrogens with one attached hydrogen (secondary N) is 1. The molecule has 0 aliphatic rings. The Hall–Kier alpha value is -3.08. The molecule has 0 saturated heterocycles. The second-order valence-corrected chi connectivity index (χ2v) is 5.44. The van der Waals surface area contributed by atoms with Crippen LogP contribution in [0.25, 0.3) is 0 Å². The first kappa shape index (κ1) is 15.8. The third-order valence-corrected chi connectivity index (χ3v) is 3.62. The van der Waals surface area contributed by atoms with Gasteiger partial charge in [-0.15, -0.1) is 0 Å². The topological polar surface area (TPSA) is 58.4 Å². The van der Waals surface area contributed by atoms with Gasteiger partial charge in [0, 0.05) is 25.5 Å². The second kappa shape index (κ2) is 7.97. The zero-order chi connectivity index (χ0) is 16.6. The number of benzene rings is 1. The van der Waals surface area contributed by atoms with E-state index in [9.17, 15) is 4.79 Å². The lowest BCUT2D eigenvalue weighted by molar-refractivity contribution is 0.187. The number of hydrogen-bond acceptors (Lipinski definition) is 3. The average Bonchev–Trinajstić information content (AvgIpc) is 3.14. The van der Waals surface area contributed by atoms with E-state index < -0.39 is 0 Å². The molecule has 1 aromatic carbocycles. The first-order valence-electron chi connectivity index (χ1n) is 7.79. The highest BCUT2D eigenvalue weighted by atomic mass is 16.3. The predicted octanol–water partition coefficient (Wildman–Crippen LogP) is 3.59. The molecule has 3 rings (SSSR count). The third-order valence-electron chi connectivity index (χ3n) is 3.62. The van der Waals surface area contributed by atoms with Gasteiger partial charge in [-0.05, 0) is 35.4 Å². The molecule has 2 amide bonds. The molecule has 2 aromatic heterocycles. The largest absolute Gasteiger partial charge is 0.467 e. The minimum atomic E-state index is -0.132. The number of urea groups is 1. The van der Waals surface area contributed by atoms with Gasteiger partial charge in [-0.1, -0.05) is 30.3 Å². The summed E-state index contributed by atoms with van der Waals surface area (Å²) in [6.07, 6.45) is 5.04. The molecule has 0 atom stereocenters. The third kappa shape index (κ3) is 4.46. The van der Waals surface area contributed by atoms with Crippen molar-refractivity contribution in [3.63, 3.8) is 0 Å². The smallest absolute Gasteiger partial charge is 0.318 e. The maximum Gasteiger partial charge on any atom is 0.318 e. The Morgan fingerprint density at radius 2 is 1.75 bits per heavy atom. The van der Waals surface area contributed by atoms with Crippen molar-refractivity contribution in [3.8, 4) is 0 Å². The summed E-state index contributed by atoms with van der Waals surface area (Å²) in [6.45, 7) is 1.40. The van der Waals surface area contributed by atoms with E-state index in [1.807, 2.05) is 54.6 Å². The fraction of sp³-hybridized carbons (Fsp3) is 0.158. The number of hydrogen-bond donors (Lipinski definition) is 1. The van der Waals surface area contributed by atoms with Gasteiger partial charge in [0.1, 0.15) is 5.76 Å². The Morgan fingerprint density at radius 3 is 2.46 bits per heavy atom. The van der Waals surface area contributed by atoms with E-state index in [2.05, 4.69) is 10.3 Å². The molecule has 0 spiro atoms. The van der Waals surface area contributed by atoms with Crippen LogP contribution in [0.4, 0.5) is 4.79 Å². The van der Waals surface area contributed by atoms with Gasteiger partial charge in [0.15, 0.2) is 0 Å². The number of carbonyl (C=O) groups excluding carboxylic acids is 1. The fourth-order valence-electron chi connectivity index (χ4n) is 2.38. The van der Waals surface area contributed by atoms with Gasteiger partial charge >= 0.3 is 6.03 Å². The van der Waals surface area contributed by atoms with Crippen LogP contribution in [-0.2, 0) is 19.6 Å². The Balaban J connectivity index is 1.67. The summed E-state index contributed by atoms with van der Waals surface area (Å²) >= 11 is 0. The Bertz CT molecular complexity index is 743. The number of aromatic nitrogens is 1. The van der Waals surface area contributed by atoms with Crippen LogP contribution in [0.5, 0.6) is 0 Å². The molecule has 0 bridgehead atoms. The molecular formula is C19H19N3O2. The summed E-state index contributed by atoms with van der Waals surface area (Å²) < 4.78 is 5.38. The minimum Gasteiger partial charge on any atom is -0.467 e. The summed E-state index contributed by atoms with van der Waals surface area (Å²) in [7, 11) is 0. The molecular weight excluding hydrogens is 302 g/mol. The number of nitrogens with zero attached hydrogens (tertiary/aromatic N) is 2. The van der Waals surface area contributed by atoms with Crippen LogP contribution in [0, 0.1) is 0 Å². The van der Waals surface area contributed by atoms with Crippen molar-refractivity contribution < 1.29 is 9.21 Å². The van der Waals surface area contributed by atoms with Gasteiger partial charge in [0.05, 0.1) is 12.8 Å². The Kier molecular flexibility index (Phi) is 5.24. The average molecular weight is 321 g/mol. The molecule has 0 fully saturated rings. The molecule has 24 heavy (non-hydrogen) atoms. The van der Waals surface area contributed by atoms with Gasteiger partial charge < -0.3 is 14.6 Å². The summed E-state index contributed by atoms with van der Waals surface area (Å²) in [4.78, 5) is 18.3. The van der Waals surface area contributed by atoms with Crippen molar-refractivity contribution in [1.82, 2.24) is 15.2 Å². The van der Waals surface area contributed by atoms with Crippen molar-refractivity contribution in [2.45, 2.75) is 19.6 Å². The maximum atomic E-state index is 12.6. The van der Waals surface area contributed by atoms with Crippen molar-refractivity contribution in [2.24, 2.45) is 0 Å². The van der Waals surface area contributed by atoms with Crippen LogP contribution in [0.15, 0.2) is 77.7 Å². The predicted molar refractivity (Wildman–Crippen MR) is 90.9 cm³/mol. The highest BCUT2D eigenvalue weighted by molar-refractivity contribution is 5.74. The standard InChI is InChI=1S/C19H19N3O2/c23-19(21-13-16-8-10-20-11-9-16)22(15-18-7-4-12-24-18)14-17-5-2-1-3-6-17/h1-12H,13-15H2,(H,21,23). The zero-order valence-corrected chi connectivity index (χ0v) is 13.3. The molecule has 0 saturated carbocycles. The first-order chi connectivity index (χ1) is 11.8.